The summed E-state index contributed by atoms with van der Waals surface area (Å²) in [6.45, 7) is 1.60. The van der Waals surface area contributed by atoms with Crippen molar-refractivity contribution < 1.29 is 9.59 Å². The molecule has 0 bridgehead atoms. The van der Waals surface area contributed by atoms with Crippen molar-refractivity contribution >= 4 is 12.3 Å². The average molecular weight is 300 g/mol. The number of amides is 2. The molecular formula is C16H20N4O2. The van der Waals surface area contributed by atoms with Crippen molar-refractivity contribution in [2.45, 2.75) is 12.8 Å². The molecule has 0 aromatic heterocycles. The van der Waals surface area contributed by atoms with Crippen molar-refractivity contribution in [2.24, 2.45) is 0 Å². The molecule has 0 unspecified atom stereocenters. The van der Waals surface area contributed by atoms with Crippen LogP contribution in [0.25, 0.3) is 0 Å². The van der Waals surface area contributed by atoms with Crippen LogP contribution in [0.4, 0.5) is 0 Å². The predicted molar refractivity (Wildman–Crippen MR) is 83.5 cm³/mol. The Labute approximate surface area is 130 Å². The molecule has 1 aromatic carbocycles. The minimum absolute atomic E-state index is 0.0383. The van der Waals surface area contributed by atoms with Crippen molar-refractivity contribution in [1.29, 1.82) is 5.26 Å². The molecule has 1 rings (SSSR count). The standard InChI is InChI=1S/C16H20N4O2/c17-11-15(12-18-8-4-9-19-13-21)16(22)20-10-7-14-5-2-1-3-6-14/h1-3,5-6,12-13,18H,4,7-10H2,(H,19,21)(H,20,22)/b15-12-. The van der Waals surface area contributed by atoms with E-state index in [1.54, 1.807) is 0 Å². The van der Waals surface area contributed by atoms with Crippen molar-refractivity contribution in [3.05, 3.63) is 47.7 Å². The van der Waals surface area contributed by atoms with Crippen LogP contribution in [0.2, 0.25) is 0 Å². The molecule has 3 N–H and O–H groups in total. The van der Waals surface area contributed by atoms with E-state index in [4.69, 9.17) is 5.26 Å². The molecule has 116 valence electrons. The number of nitriles is 1. The first-order chi connectivity index (χ1) is 10.8. The molecule has 0 saturated heterocycles. The number of carbonyl (C=O) groups is 2. The fourth-order valence-electron chi connectivity index (χ4n) is 1.73. The first-order valence-corrected chi connectivity index (χ1v) is 7.10. The van der Waals surface area contributed by atoms with Crippen LogP contribution in [0.5, 0.6) is 0 Å². The average Bonchev–Trinajstić information content (AvgIpc) is 2.55. The zero-order chi connectivity index (χ0) is 16.0. The van der Waals surface area contributed by atoms with Gasteiger partial charge in [-0.15, -0.1) is 0 Å². The third kappa shape index (κ3) is 7.10. The van der Waals surface area contributed by atoms with Crippen LogP contribution < -0.4 is 16.0 Å². The Kier molecular flexibility index (Phi) is 8.56. The number of benzene rings is 1. The van der Waals surface area contributed by atoms with Crippen LogP contribution in [0, 0.1) is 11.3 Å². The molecule has 0 aliphatic rings. The highest BCUT2D eigenvalue weighted by Gasteiger charge is 2.07. The zero-order valence-electron chi connectivity index (χ0n) is 12.3. The summed E-state index contributed by atoms with van der Waals surface area (Å²) in [7, 11) is 0. The molecule has 0 spiro atoms. The van der Waals surface area contributed by atoms with Crippen LogP contribution in [-0.4, -0.2) is 32.0 Å². The van der Waals surface area contributed by atoms with Crippen LogP contribution in [-0.2, 0) is 16.0 Å². The summed E-state index contributed by atoms with van der Waals surface area (Å²) in [5.41, 5.74) is 1.17. The minimum Gasteiger partial charge on any atom is -0.390 e. The van der Waals surface area contributed by atoms with E-state index in [1.807, 2.05) is 36.4 Å². The van der Waals surface area contributed by atoms with Gasteiger partial charge in [0.15, 0.2) is 0 Å². The van der Waals surface area contributed by atoms with Gasteiger partial charge >= 0.3 is 0 Å². The Bertz CT molecular complexity index is 535. The molecule has 0 radical (unpaired) electrons. The quantitative estimate of drug-likeness (QED) is 0.253. The fraction of sp³-hybridized carbons (Fsp3) is 0.312. The van der Waals surface area contributed by atoms with E-state index in [-0.39, 0.29) is 5.57 Å². The molecule has 2 amide bonds. The highest BCUT2D eigenvalue weighted by molar-refractivity contribution is 5.97. The molecule has 0 aliphatic carbocycles. The maximum absolute atomic E-state index is 11.8. The lowest BCUT2D eigenvalue weighted by Gasteiger charge is -2.05. The predicted octanol–water partition coefficient (Wildman–Crippen LogP) is 0.478. The summed E-state index contributed by atoms with van der Waals surface area (Å²) in [5, 5.41) is 17.1. The molecule has 0 atom stereocenters. The van der Waals surface area contributed by atoms with E-state index in [1.165, 1.54) is 6.20 Å². The fourth-order valence-corrected chi connectivity index (χ4v) is 1.73. The van der Waals surface area contributed by atoms with Crippen molar-refractivity contribution in [1.82, 2.24) is 16.0 Å². The summed E-state index contributed by atoms with van der Waals surface area (Å²) < 4.78 is 0. The molecule has 6 nitrogen and oxygen atoms in total. The Balaban J connectivity index is 2.28. The topological polar surface area (TPSA) is 94.0 Å². The molecule has 0 heterocycles. The second-order valence-electron chi connectivity index (χ2n) is 4.54. The summed E-state index contributed by atoms with van der Waals surface area (Å²) in [6.07, 6.45) is 3.47. The third-order valence-electron chi connectivity index (χ3n) is 2.88. The van der Waals surface area contributed by atoms with Crippen LogP contribution in [0.15, 0.2) is 42.1 Å². The van der Waals surface area contributed by atoms with E-state index >= 15 is 0 Å². The highest BCUT2D eigenvalue weighted by Crippen LogP contribution is 1.98. The van der Waals surface area contributed by atoms with Gasteiger partial charge in [0.2, 0.25) is 6.41 Å². The molecular weight excluding hydrogens is 280 g/mol. The molecule has 1 aromatic rings. The van der Waals surface area contributed by atoms with Crippen LogP contribution in [0.3, 0.4) is 0 Å². The normalized spacial score (nSPS) is 10.4. The van der Waals surface area contributed by atoms with Crippen LogP contribution in [0.1, 0.15) is 12.0 Å². The first kappa shape index (κ1) is 17.2. The molecule has 22 heavy (non-hydrogen) atoms. The van der Waals surface area contributed by atoms with Crippen molar-refractivity contribution in [3.63, 3.8) is 0 Å². The lowest BCUT2D eigenvalue weighted by molar-refractivity contribution is -0.117. The Morgan fingerprint density at radius 2 is 1.86 bits per heavy atom. The molecule has 0 aliphatic heterocycles. The molecule has 0 saturated carbocycles. The summed E-state index contributed by atoms with van der Waals surface area (Å²) in [4.78, 5) is 21.9. The number of nitrogens with one attached hydrogen (secondary N) is 3. The van der Waals surface area contributed by atoms with Gasteiger partial charge in [-0.3, -0.25) is 9.59 Å². The number of hydrogen-bond donors (Lipinski definition) is 3. The minimum atomic E-state index is -0.392. The summed E-state index contributed by atoms with van der Waals surface area (Å²) in [6, 6.07) is 11.7. The van der Waals surface area contributed by atoms with E-state index < -0.39 is 5.91 Å². The van der Waals surface area contributed by atoms with Crippen molar-refractivity contribution in [3.8, 4) is 6.07 Å². The molecule has 6 heteroatoms. The number of carbonyl (C=O) groups excluding carboxylic acids is 2. The van der Waals surface area contributed by atoms with E-state index in [0.29, 0.717) is 32.5 Å². The van der Waals surface area contributed by atoms with Gasteiger partial charge in [0.25, 0.3) is 5.91 Å². The Morgan fingerprint density at radius 1 is 1.14 bits per heavy atom. The maximum Gasteiger partial charge on any atom is 0.263 e. The second-order valence-corrected chi connectivity index (χ2v) is 4.54. The zero-order valence-corrected chi connectivity index (χ0v) is 12.3. The smallest absolute Gasteiger partial charge is 0.263 e. The first-order valence-electron chi connectivity index (χ1n) is 7.10. The Morgan fingerprint density at radius 3 is 2.55 bits per heavy atom. The van der Waals surface area contributed by atoms with Gasteiger partial charge in [-0.05, 0) is 18.4 Å². The maximum atomic E-state index is 11.8. The Hall–Kier alpha value is -2.81. The van der Waals surface area contributed by atoms with E-state index in [2.05, 4.69) is 16.0 Å². The lowest BCUT2D eigenvalue weighted by atomic mass is 10.1. The van der Waals surface area contributed by atoms with Crippen LogP contribution >= 0.6 is 0 Å². The molecule has 0 fully saturated rings. The lowest BCUT2D eigenvalue weighted by Crippen LogP contribution is -2.28. The summed E-state index contributed by atoms with van der Waals surface area (Å²) >= 11 is 0. The SMILES string of the molecule is N#C/C(=C/NCCCNC=O)C(=O)NCCc1ccccc1. The number of nitrogens with zero attached hydrogens (tertiary/aromatic N) is 1. The van der Waals surface area contributed by atoms with Gasteiger partial charge in [0, 0.05) is 25.8 Å². The second kappa shape index (κ2) is 10.9. The van der Waals surface area contributed by atoms with Gasteiger partial charge < -0.3 is 16.0 Å². The van der Waals surface area contributed by atoms with E-state index in [0.717, 1.165) is 12.0 Å². The van der Waals surface area contributed by atoms with Gasteiger partial charge in [0.05, 0.1) is 0 Å². The van der Waals surface area contributed by atoms with Gasteiger partial charge in [-0.2, -0.15) is 5.26 Å². The van der Waals surface area contributed by atoms with Gasteiger partial charge in [-0.25, -0.2) is 0 Å². The van der Waals surface area contributed by atoms with Gasteiger partial charge in [0.1, 0.15) is 11.6 Å². The summed E-state index contributed by atoms with van der Waals surface area (Å²) in [5.74, 6) is -0.392. The van der Waals surface area contributed by atoms with Gasteiger partial charge in [-0.1, -0.05) is 30.3 Å². The number of rotatable bonds is 10. The third-order valence-corrected chi connectivity index (χ3v) is 2.88. The monoisotopic (exact) mass is 300 g/mol. The largest absolute Gasteiger partial charge is 0.390 e. The van der Waals surface area contributed by atoms with E-state index in [9.17, 15) is 9.59 Å². The van der Waals surface area contributed by atoms with Crippen molar-refractivity contribution in [2.75, 3.05) is 19.6 Å². The highest BCUT2D eigenvalue weighted by atomic mass is 16.1. The number of hydrogen-bond acceptors (Lipinski definition) is 4.